The van der Waals surface area contributed by atoms with Crippen LogP contribution >= 0.6 is 0 Å². The predicted molar refractivity (Wildman–Crippen MR) is 118 cm³/mol. The molecule has 0 atom stereocenters. The molecule has 0 aliphatic rings. The molecule has 0 aliphatic carbocycles. The lowest BCUT2D eigenvalue weighted by Crippen LogP contribution is -2.28. The molecule has 30 heavy (non-hydrogen) atoms. The first kappa shape index (κ1) is 16.7. The van der Waals surface area contributed by atoms with Crippen LogP contribution in [0.2, 0.25) is 0 Å². The Hall–Kier alpha value is -4.25. The van der Waals surface area contributed by atoms with Crippen LogP contribution in [0, 0.1) is 0 Å². The normalized spacial score (nSPS) is 11.6. The summed E-state index contributed by atoms with van der Waals surface area (Å²) in [6, 6.07) is 22.1. The van der Waals surface area contributed by atoms with Gasteiger partial charge in [-0.25, -0.2) is 4.57 Å². The van der Waals surface area contributed by atoms with E-state index in [0.29, 0.717) is 38.4 Å². The van der Waals surface area contributed by atoms with Crippen molar-refractivity contribution in [3.63, 3.8) is 0 Å². The molecule has 142 valence electrons. The van der Waals surface area contributed by atoms with Gasteiger partial charge in [-0.3, -0.25) is 14.6 Å². The second kappa shape index (κ2) is 6.12. The first-order valence-corrected chi connectivity index (χ1v) is 9.56. The summed E-state index contributed by atoms with van der Waals surface area (Å²) in [5, 5.41) is 3.82. The quantitative estimate of drug-likeness (QED) is 0.405. The fourth-order valence-corrected chi connectivity index (χ4v) is 4.16. The van der Waals surface area contributed by atoms with Crippen LogP contribution in [0.25, 0.3) is 49.2 Å². The van der Waals surface area contributed by atoms with Gasteiger partial charge >= 0.3 is 0 Å². The fraction of sp³-hybridized carbons (Fsp3) is 0. The van der Waals surface area contributed by atoms with Crippen LogP contribution in [0.15, 0.2) is 99.2 Å². The Morgan fingerprint density at radius 1 is 0.667 bits per heavy atom. The number of fused-ring (bicyclic) bond motifs is 7. The zero-order valence-electron chi connectivity index (χ0n) is 15.7. The van der Waals surface area contributed by atoms with E-state index in [1.165, 1.54) is 4.57 Å². The first-order chi connectivity index (χ1) is 14.7. The Kier molecular flexibility index (Phi) is 3.40. The molecular formula is C25H14N2O3. The Morgan fingerprint density at radius 2 is 1.43 bits per heavy atom. The molecule has 0 saturated carbocycles. The van der Waals surface area contributed by atoms with Crippen LogP contribution in [0.5, 0.6) is 0 Å². The van der Waals surface area contributed by atoms with Gasteiger partial charge in [0, 0.05) is 33.9 Å². The molecule has 5 nitrogen and oxygen atoms in total. The molecule has 0 unspecified atom stereocenters. The van der Waals surface area contributed by atoms with Gasteiger partial charge in [-0.15, -0.1) is 0 Å². The number of para-hydroxylation sites is 2. The topological polar surface area (TPSA) is 65.1 Å². The highest BCUT2D eigenvalue weighted by atomic mass is 16.3. The lowest BCUT2D eigenvalue weighted by molar-refractivity contribution is 0.672. The molecule has 5 heteroatoms. The number of rotatable bonds is 1. The van der Waals surface area contributed by atoms with Gasteiger partial charge in [0.25, 0.3) is 11.1 Å². The highest BCUT2D eigenvalue weighted by molar-refractivity contribution is 6.19. The molecule has 0 spiro atoms. The maximum atomic E-state index is 13.8. The van der Waals surface area contributed by atoms with Crippen molar-refractivity contribution >= 4 is 43.5 Å². The third kappa shape index (κ3) is 2.20. The van der Waals surface area contributed by atoms with E-state index in [-0.39, 0.29) is 5.56 Å². The molecule has 0 fully saturated rings. The van der Waals surface area contributed by atoms with Crippen LogP contribution in [-0.4, -0.2) is 9.55 Å². The van der Waals surface area contributed by atoms with Gasteiger partial charge in [-0.05, 0) is 30.3 Å². The third-order valence-electron chi connectivity index (χ3n) is 5.52. The summed E-state index contributed by atoms with van der Waals surface area (Å²) in [4.78, 5) is 31.5. The SMILES string of the molecule is O=c1c2ccncc2c2ccc3c4ccccc4oc3c2c(=O)n1-c1ccccc1. The second-order valence-corrected chi connectivity index (χ2v) is 7.17. The van der Waals surface area contributed by atoms with Gasteiger partial charge < -0.3 is 4.42 Å². The number of nitrogens with zero attached hydrogens (tertiary/aromatic N) is 2. The van der Waals surface area contributed by atoms with E-state index in [1.54, 1.807) is 42.7 Å². The largest absolute Gasteiger partial charge is 0.455 e. The second-order valence-electron chi connectivity index (χ2n) is 7.17. The van der Waals surface area contributed by atoms with Gasteiger partial charge in [-0.2, -0.15) is 0 Å². The average molecular weight is 390 g/mol. The molecule has 6 aromatic rings. The van der Waals surface area contributed by atoms with Crippen molar-refractivity contribution < 1.29 is 4.42 Å². The first-order valence-electron chi connectivity index (χ1n) is 9.56. The third-order valence-corrected chi connectivity index (χ3v) is 5.52. The Balaban J connectivity index is 1.98. The van der Waals surface area contributed by atoms with Crippen LogP contribution in [-0.2, 0) is 0 Å². The van der Waals surface area contributed by atoms with Crippen molar-refractivity contribution in [3.8, 4) is 5.69 Å². The smallest absolute Gasteiger partial charge is 0.269 e. The summed E-state index contributed by atoms with van der Waals surface area (Å²) in [6.45, 7) is 0. The van der Waals surface area contributed by atoms with Crippen molar-refractivity contribution in [3.05, 3.63) is 106 Å². The summed E-state index contributed by atoms with van der Waals surface area (Å²) < 4.78 is 7.35. The van der Waals surface area contributed by atoms with E-state index in [2.05, 4.69) is 4.98 Å². The number of pyridine rings is 1. The summed E-state index contributed by atoms with van der Waals surface area (Å²) in [7, 11) is 0. The Morgan fingerprint density at radius 3 is 2.30 bits per heavy atom. The van der Waals surface area contributed by atoms with Gasteiger partial charge in [0.15, 0.2) is 0 Å². The average Bonchev–Trinajstić information content (AvgIpc) is 3.13. The maximum Gasteiger partial charge on any atom is 0.269 e. The van der Waals surface area contributed by atoms with Crippen molar-refractivity contribution in [2.75, 3.05) is 0 Å². The van der Waals surface area contributed by atoms with Crippen LogP contribution < -0.4 is 11.1 Å². The van der Waals surface area contributed by atoms with E-state index < -0.39 is 5.56 Å². The Labute approximate surface area is 169 Å². The van der Waals surface area contributed by atoms with Crippen molar-refractivity contribution in [2.45, 2.75) is 0 Å². The molecule has 0 radical (unpaired) electrons. The zero-order chi connectivity index (χ0) is 20.2. The number of hydrogen-bond donors (Lipinski definition) is 0. The van der Waals surface area contributed by atoms with Crippen molar-refractivity contribution in [1.82, 2.24) is 9.55 Å². The lowest BCUT2D eigenvalue weighted by Gasteiger charge is -2.02. The van der Waals surface area contributed by atoms with Gasteiger partial charge in [0.2, 0.25) is 0 Å². The molecule has 0 saturated heterocycles. The molecule has 3 heterocycles. The van der Waals surface area contributed by atoms with Crippen LogP contribution in [0.4, 0.5) is 0 Å². The summed E-state index contributed by atoms with van der Waals surface area (Å²) in [5.74, 6) is 0. The number of aromatic nitrogens is 2. The lowest BCUT2D eigenvalue weighted by atomic mass is 10.1. The summed E-state index contributed by atoms with van der Waals surface area (Å²) >= 11 is 0. The van der Waals surface area contributed by atoms with Crippen LogP contribution in [0.3, 0.4) is 0 Å². The van der Waals surface area contributed by atoms with Gasteiger partial charge in [-0.1, -0.05) is 42.5 Å². The minimum atomic E-state index is -0.415. The van der Waals surface area contributed by atoms with E-state index in [0.717, 1.165) is 10.8 Å². The Bertz CT molecular complexity index is 1730. The number of hydrogen-bond acceptors (Lipinski definition) is 4. The van der Waals surface area contributed by atoms with E-state index >= 15 is 0 Å². The van der Waals surface area contributed by atoms with Crippen molar-refractivity contribution in [1.29, 1.82) is 0 Å². The fourth-order valence-electron chi connectivity index (χ4n) is 4.16. The number of furan rings is 1. The standard InChI is InChI=1S/C25H14N2O3/c28-24-19-12-13-26-14-20(19)17-10-11-18-16-8-4-5-9-21(16)30-23(18)22(17)25(29)27(24)15-6-2-1-3-7-15/h1-14H. The molecular weight excluding hydrogens is 376 g/mol. The predicted octanol–water partition coefficient (Wildman–Crippen LogP) is 4.80. The molecule has 0 N–H and O–H groups in total. The molecule has 0 bridgehead atoms. The van der Waals surface area contributed by atoms with E-state index in [9.17, 15) is 9.59 Å². The van der Waals surface area contributed by atoms with Gasteiger partial charge in [0.05, 0.1) is 16.5 Å². The number of benzene rings is 3. The minimum absolute atomic E-state index is 0.368. The highest BCUT2D eigenvalue weighted by Crippen LogP contribution is 2.34. The van der Waals surface area contributed by atoms with E-state index in [1.807, 2.05) is 42.5 Å². The van der Waals surface area contributed by atoms with Crippen LogP contribution in [0.1, 0.15) is 0 Å². The minimum Gasteiger partial charge on any atom is -0.455 e. The monoisotopic (exact) mass is 390 g/mol. The summed E-state index contributed by atoms with van der Waals surface area (Å²) in [6.07, 6.45) is 3.19. The molecule has 6 rings (SSSR count). The van der Waals surface area contributed by atoms with Crippen molar-refractivity contribution in [2.24, 2.45) is 0 Å². The molecule has 0 aliphatic heterocycles. The molecule has 3 aromatic carbocycles. The highest BCUT2D eigenvalue weighted by Gasteiger charge is 2.18. The van der Waals surface area contributed by atoms with Gasteiger partial charge in [0.1, 0.15) is 11.2 Å². The zero-order valence-corrected chi connectivity index (χ0v) is 15.7. The molecule has 3 aromatic heterocycles. The maximum absolute atomic E-state index is 13.8. The molecule has 0 amide bonds. The van der Waals surface area contributed by atoms with E-state index in [4.69, 9.17) is 4.42 Å². The summed E-state index contributed by atoms with van der Waals surface area (Å²) in [5.41, 5.74) is 0.883.